The molecule has 0 spiro atoms. The van der Waals surface area contributed by atoms with E-state index in [-0.39, 0.29) is 6.09 Å². The summed E-state index contributed by atoms with van der Waals surface area (Å²) in [5.74, 6) is 0.494. The second-order valence-electron chi connectivity index (χ2n) is 6.10. The molecule has 6 heteroatoms. The minimum atomic E-state index is -0.499. The van der Waals surface area contributed by atoms with Crippen molar-refractivity contribution in [1.82, 2.24) is 9.88 Å². The number of rotatable bonds is 7. The molecule has 0 bridgehead atoms. The van der Waals surface area contributed by atoms with Gasteiger partial charge in [-0.25, -0.2) is 9.78 Å². The maximum Gasteiger partial charge on any atom is 0.410 e. The highest BCUT2D eigenvalue weighted by atomic mass is 16.6. The number of pyridine rings is 1. The normalized spacial score (nSPS) is 11.1. The van der Waals surface area contributed by atoms with E-state index >= 15 is 0 Å². The molecule has 1 aromatic heterocycles. The van der Waals surface area contributed by atoms with Crippen LogP contribution in [-0.2, 0) is 4.74 Å². The van der Waals surface area contributed by atoms with Gasteiger partial charge in [-0.2, -0.15) is 0 Å². The van der Waals surface area contributed by atoms with Crippen LogP contribution in [0.3, 0.4) is 0 Å². The van der Waals surface area contributed by atoms with Gasteiger partial charge in [0.1, 0.15) is 12.2 Å². The summed E-state index contributed by atoms with van der Waals surface area (Å²) < 4.78 is 11.0. The van der Waals surface area contributed by atoms with Gasteiger partial charge in [0.05, 0.1) is 18.4 Å². The minimum absolute atomic E-state index is 0.310. The quantitative estimate of drug-likeness (QED) is 0.837. The average Bonchev–Trinajstić information content (AvgIpc) is 2.42. The Balaban J connectivity index is 2.50. The standard InChI is InChI=1S/C16H27N3O3/c1-5-6-9-19(15(20)22-16(2,3)4)10-11-21-14-8-7-13(17)12-18-14/h7-8,12H,5-6,9-11,17H2,1-4H3. The van der Waals surface area contributed by atoms with E-state index in [1.54, 1.807) is 17.0 Å². The van der Waals surface area contributed by atoms with E-state index in [0.717, 1.165) is 12.8 Å². The molecule has 0 atom stereocenters. The molecule has 0 aliphatic heterocycles. The summed E-state index contributed by atoms with van der Waals surface area (Å²) in [6.07, 6.45) is 3.17. The molecule has 0 unspecified atom stereocenters. The lowest BCUT2D eigenvalue weighted by Crippen LogP contribution is -2.39. The molecule has 6 nitrogen and oxygen atoms in total. The van der Waals surface area contributed by atoms with Crippen molar-refractivity contribution in [2.75, 3.05) is 25.4 Å². The van der Waals surface area contributed by atoms with E-state index in [2.05, 4.69) is 11.9 Å². The van der Waals surface area contributed by atoms with E-state index in [1.165, 1.54) is 6.20 Å². The SMILES string of the molecule is CCCCN(CCOc1ccc(N)cn1)C(=O)OC(C)(C)C. The number of aromatic nitrogens is 1. The summed E-state index contributed by atoms with van der Waals surface area (Å²) in [5, 5.41) is 0. The van der Waals surface area contributed by atoms with E-state index in [9.17, 15) is 4.79 Å². The number of anilines is 1. The first-order valence-electron chi connectivity index (χ1n) is 7.64. The number of nitrogen functional groups attached to an aromatic ring is 1. The highest BCUT2D eigenvalue weighted by molar-refractivity contribution is 5.68. The zero-order valence-corrected chi connectivity index (χ0v) is 14.0. The largest absolute Gasteiger partial charge is 0.476 e. The molecule has 0 saturated heterocycles. The van der Waals surface area contributed by atoms with Gasteiger partial charge in [0, 0.05) is 12.6 Å². The molecule has 124 valence electrons. The molecule has 1 aromatic rings. The zero-order valence-electron chi connectivity index (χ0n) is 14.0. The number of hydrogen-bond acceptors (Lipinski definition) is 5. The smallest absolute Gasteiger partial charge is 0.410 e. The van der Waals surface area contributed by atoms with Crippen LogP contribution in [0.5, 0.6) is 5.88 Å². The molecule has 0 radical (unpaired) electrons. The number of carbonyl (C=O) groups is 1. The predicted molar refractivity (Wildman–Crippen MR) is 86.9 cm³/mol. The van der Waals surface area contributed by atoms with Gasteiger partial charge in [0.25, 0.3) is 0 Å². The summed E-state index contributed by atoms with van der Waals surface area (Å²) in [6, 6.07) is 3.43. The molecular formula is C16H27N3O3. The fraction of sp³-hybridized carbons (Fsp3) is 0.625. The highest BCUT2D eigenvalue weighted by Crippen LogP contribution is 2.12. The zero-order chi connectivity index (χ0) is 16.6. The van der Waals surface area contributed by atoms with Crippen molar-refractivity contribution in [1.29, 1.82) is 0 Å². The summed E-state index contributed by atoms with van der Waals surface area (Å²) in [7, 11) is 0. The van der Waals surface area contributed by atoms with Crippen molar-refractivity contribution in [3.63, 3.8) is 0 Å². The van der Waals surface area contributed by atoms with Gasteiger partial charge in [0.2, 0.25) is 5.88 Å². The summed E-state index contributed by atoms with van der Waals surface area (Å²) in [6.45, 7) is 9.14. The first-order chi connectivity index (χ1) is 10.3. The van der Waals surface area contributed by atoms with Gasteiger partial charge in [-0.1, -0.05) is 13.3 Å². The Kier molecular flexibility index (Phi) is 6.95. The molecule has 2 N–H and O–H groups in total. The van der Waals surface area contributed by atoms with E-state index in [0.29, 0.717) is 31.3 Å². The fourth-order valence-electron chi connectivity index (χ4n) is 1.71. The summed E-state index contributed by atoms with van der Waals surface area (Å²) >= 11 is 0. The number of carbonyl (C=O) groups excluding carboxylic acids is 1. The maximum atomic E-state index is 12.2. The van der Waals surface area contributed by atoms with Gasteiger partial charge in [0.15, 0.2) is 0 Å². The van der Waals surface area contributed by atoms with Crippen molar-refractivity contribution < 1.29 is 14.3 Å². The number of ether oxygens (including phenoxy) is 2. The molecule has 1 heterocycles. The van der Waals surface area contributed by atoms with Crippen LogP contribution in [0, 0.1) is 0 Å². The average molecular weight is 309 g/mol. The van der Waals surface area contributed by atoms with Crippen molar-refractivity contribution >= 4 is 11.8 Å². The van der Waals surface area contributed by atoms with Gasteiger partial charge in [-0.05, 0) is 33.3 Å². The van der Waals surface area contributed by atoms with Crippen molar-refractivity contribution in [2.24, 2.45) is 0 Å². The molecule has 1 rings (SSSR count). The van der Waals surface area contributed by atoms with Crippen LogP contribution in [0.2, 0.25) is 0 Å². The molecule has 0 aliphatic carbocycles. The Morgan fingerprint density at radius 2 is 2.05 bits per heavy atom. The van der Waals surface area contributed by atoms with Crippen LogP contribution in [0.4, 0.5) is 10.5 Å². The third kappa shape index (κ3) is 7.15. The number of nitrogens with zero attached hydrogens (tertiary/aromatic N) is 2. The monoisotopic (exact) mass is 309 g/mol. The third-order valence-corrected chi connectivity index (χ3v) is 2.80. The van der Waals surface area contributed by atoms with Gasteiger partial charge < -0.3 is 20.1 Å². The lowest BCUT2D eigenvalue weighted by atomic mass is 10.2. The predicted octanol–water partition coefficient (Wildman–Crippen LogP) is 3.08. The van der Waals surface area contributed by atoms with E-state index in [4.69, 9.17) is 15.2 Å². The van der Waals surface area contributed by atoms with Crippen LogP contribution >= 0.6 is 0 Å². The highest BCUT2D eigenvalue weighted by Gasteiger charge is 2.21. The van der Waals surface area contributed by atoms with Crippen LogP contribution in [0.25, 0.3) is 0 Å². The Morgan fingerprint density at radius 3 is 2.59 bits per heavy atom. The molecule has 0 aliphatic rings. The van der Waals surface area contributed by atoms with Crippen molar-refractivity contribution in [3.05, 3.63) is 18.3 Å². The number of unbranched alkanes of at least 4 members (excludes halogenated alkanes) is 1. The van der Waals surface area contributed by atoms with Crippen LogP contribution < -0.4 is 10.5 Å². The van der Waals surface area contributed by atoms with Crippen molar-refractivity contribution in [3.8, 4) is 5.88 Å². The lowest BCUT2D eigenvalue weighted by molar-refractivity contribution is 0.0223. The van der Waals surface area contributed by atoms with E-state index in [1.807, 2.05) is 20.8 Å². The number of nitrogens with two attached hydrogens (primary N) is 1. The second kappa shape index (κ2) is 8.46. The first-order valence-corrected chi connectivity index (χ1v) is 7.64. The number of amides is 1. The maximum absolute atomic E-state index is 12.2. The van der Waals surface area contributed by atoms with Crippen LogP contribution in [0.1, 0.15) is 40.5 Å². The summed E-state index contributed by atoms with van der Waals surface area (Å²) in [4.78, 5) is 17.9. The molecule has 22 heavy (non-hydrogen) atoms. The van der Waals surface area contributed by atoms with Gasteiger partial charge >= 0.3 is 6.09 Å². The van der Waals surface area contributed by atoms with Gasteiger partial charge in [-0.15, -0.1) is 0 Å². The van der Waals surface area contributed by atoms with Crippen LogP contribution in [0.15, 0.2) is 18.3 Å². The molecule has 0 fully saturated rings. The summed E-state index contributed by atoms with van der Waals surface area (Å²) in [5.41, 5.74) is 5.66. The third-order valence-electron chi connectivity index (χ3n) is 2.80. The molecule has 0 aromatic carbocycles. The Morgan fingerprint density at radius 1 is 1.32 bits per heavy atom. The first kappa shape index (κ1) is 18.1. The topological polar surface area (TPSA) is 77.7 Å². The molecule has 1 amide bonds. The molecular weight excluding hydrogens is 282 g/mol. The Hall–Kier alpha value is -1.98. The number of hydrogen-bond donors (Lipinski definition) is 1. The fourth-order valence-corrected chi connectivity index (χ4v) is 1.71. The second-order valence-corrected chi connectivity index (χ2v) is 6.10. The minimum Gasteiger partial charge on any atom is -0.476 e. The van der Waals surface area contributed by atoms with Crippen LogP contribution in [-0.4, -0.2) is 41.3 Å². The molecule has 0 saturated carbocycles. The Labute approximate surface area is 132 Å². The lowest BCUT2D eigenvalue weighted by Gasteiger charge is -2.27. The van der Waals surface area contributed by atoms with Gasteiger partial charge in [-0.3, -0.25) is 0 Å². The Bertz CT molecular complexity index is 455. The van der Waals surface area contributed by atoms with E-state index < -0.39 is 5.60 Å². The van der Waals surface area contributed by atoms with Crippen molar-refractivity contribution in [2.45, 2.75) is 46.1 Å².